The van der Waals surface area contributed by atoms with Crippen molar-refractivity contribution in [2.24, 2.45) is 0 Å². The zero-order valence-electron chi connectivity index (χ0n) is 17.1. The molecule has 156 valence electrons. The summed E-state index contributed by atoms with van der Waals surface area (Å²) >= 11 is 0. The van der Waals surface area contributed by atoms with E-state index in [1.54, 1.807) is 11.1 Å². The van der Waals surface area contributed by atoms with Gasteiger partial charge in [0, 0.05) is 20.1 Å². The molecular weight excluding hydrogens is 376 g/mol. The number of methoxy groups -OCH3 is 1. The monoisotopic (exact) mass is 402 g/mol. The van der Waals surface area contributed by atoms with Crippen LogP contribution < -0.4 is 4.74 Å². The van der Waals surface area contributed by atoms with Gasteiger partial charge in [0.05, 0.1) is 25.5 Å². The molecule has 0 aliphatic heterocycles. The van der Waals surface area contributed by atoms with E-state index < -0.39 is 18.5 Å². The molecule has 0 bridgehead atoms. The maximum Gasteiger partial charge on any atom is 0.363 e. The summed E-state index contributed by atoms with van der Waals surface area (Å²) in [5.74, 6) is -1.20. The fourth-order valence-electron chi connectivity index (χ4n) is 2.64. The van der Waals surface area contributed by atoms with Crippen LogP contribution in [0.25, 0.3) is 5.69 Å². The number of hydrogen-bond donors (Lipinski definition) is 0. The summed E-state index contributed by atoms with van der Waals surface area (Å²) in [7, 11) is 2.91. The molecule has 2 amide bonds. The lowest BCUT2D eigenvalue weighted by molar-refractivity contribution is -0.140. The highest BCUT2D eigenvalue weighted by Crippen LogP contribution is 2.20. The Hall–Kier alpha value is -3.36. The molecular formula is C20H26N4O5. The molecule has 0 spiro atoms. The molecule has 0 N–H and O–H groups in total. The van der Waals surface area contributed by atoms with Crippen LogP contribution in [0.1, 0.15) is 24.3 Å². The van der Waals surface area contributed by atoms with E-state index in [9.17, 15) is 14.4 Å². The normalized spacial score (nSPS) is 10.3. The SMILES string of the molecule is CCN(CC)C(=O)CN(C)C(=O)COC(=O)c1nn(-c2ccccc2)cc1OC. The Kier molecular flexibility index (Phi) is 7.76. The van der Waals surface area contributed by atoms with Gasteiger partial charge in [-0.25, -0.2) is 9.48 Å². The van der Waals surface area contributed by atoms with Gasteiger partial charge in [-0.3, -0.25) is 9.59 Å². The van der Waals surface area contributed by atoms with Crippen molar-refractivity contribution in [1.29, 1.82) is 0 Å². The van der Waals surface area contributed by atoms with Crippen LogP contribution in [-0.4, -0.2) is 77.8 Å². The molecule has 0 aliphatic rings. The number of benzene rings is 1. The number of ether oxygens (including phenoxy) is 2. The minimum absolute atomic E-state index is 0.0361. The summed E-state index contributed by atoms with van der Waals surface area (Å²) in [6.07, 6.45) is 1.56. The van der Waals surface area contributed by atoms with Gasteiger partial charge in [0.15, 0.2) is 12.4 Å². The zero-order chi connectivity index (χ0) is 21.4. The number of hydrogen-bond acceptors (Lipinski definition) is 6. The number of carbonyl (C=O) groups is 3. The Labute approximate surface area is 169 Å². The van der Waals surface area contributed by atoms with Gasteiger partial charge >= 0.3 is 5.97 Å². The number of amides is 2. The molecule has 0 radical (unpaired) electrons. The van der Waals surface area contributed by atoms with E-state index in [4.69, 9.17) is 9.47 Å². The lowest BCUT2D eigenvalue weighted by Gasteiger charge is -2.23. The number of carbonyl (C=O) groups excluding carboxylic acids is 3. The van der Waals surface area contributed by atoms with Crippen LogP contribution in [0, 0.1) is 0 Å². The second-order valence-corrected chi connectivity index (χ2v) is 6.22. The standard InChI is InChI=1S/C20H26N4O5/c1-5-23(6-2)17(25)13-22(3)18(26)14-29-20(27)19-16(28-4)12-24(21-19)15-10-8-7-9-11-15/h7-12H,5-6,13-14H2,1-4H3. The molecule has 2 rings (SSSR count). The van der Waals surface area contributed by atoms with E-state index in [1.807, 2.05) is 44.2 Å². The van der Waals surface area contributed by atoms with E-state index in [-0.39, 0.29) is 23.9 Å². The molecule has 2 aromatic rings. The molecule has 0 saturated heterocycles. The van der Waals surface area contributed by atoms with Crippen molar-refractivity contribution >= 4 is 17.8 Å². The van der Waals surface area contributed by atoms with Crippen molar-refractivity contribution in [3.8, 4) is 11.4 Å². The first-order chi connectivity index (χ1) is 13.9. The van der Waals surface area contributed by atoms with Crippen LogP contribution >= 0.6 is 0 Å². The van der Waals surface area contributed by atoms with Gasteiger partial charge in [-0.2, -0.15) is 5.10 Å². The van der Waals surface area contributed by atoms with E-state index in [1.165, 1.54) is 23.7 Å². The maximum absolute atomic E-state index is 12.4. The predicted octanol–water partition coefficient (Wildman–Crippen LogP) is 1.36. The summed E-state index contributed by atoms with van der Waals surface area (Å²) in [5.41, 5.74) is 0.710. The maximum atomic E-state index is 12.4. The summed E-state index contributed by atoms with van der Waals surface area (Å²) in [6, 6.07) is 9.21. The average Bonchev–Trinajstić information content (AvgIpc) is 3.17. The zero-order valence-corrected chi connectivity index (χ0v) is 17.1. The third kappa shape index (κ3) is 5.56. The van der Waals surface area contributed by atoms with E-state index >= 15 is 0 Å². The third-order valence-corrected chi connectivity index (χ3v) is 4.36. The van der Waals surface area contributed by atoms with Crippen LogP contribution in [-0.2, 0) is 14.3 Å². The van der Waals surface area contributed by atoms with Crippen LogP contribution in [0.5, 0.6) is 5.75 Å². The number of esters is 1. The predicted molar refractivity (Wildman–Crippen MR) is 106 cm³/mol. The first-order valence-electron chi connectivity index (χ1n) is 9.29. The Balaban J connectivity index is 1.99. The number of nitrogens with zero attached hydrogens (tertiary/aromatic N) is 4. The Bertz CT molecular complexity index is 846. The quantitative estimate of drug-likeness (QED) is 0.588. The molecule has 1 heterocycles. The minimum atomic E-state index is -0.784. The van der Waals surface area contributed by atoms with Crippen molar-refractivity contribution in [2.75, 3.05) is 40.4 Å². The van der Waals surface area contributed by atoms with Gasteiger partial charge in [-0.05, 0) is 26.0 Å². The minimum Gasteiger partial charge on any atom is -0.493 e. The van der Waals surface area contributed by atoms with E-state index in [0.717, 1.165) is 5.69 Å². The van der Waals surface area contributed by atoms with Crippen molar-refractivity contribution in [3.05, 3.63) is 42.2 Å². The Morgan fingerprint density at radius 1 is 1.07 bits per heavy atom. The molecule has 0 saturated carbocycles. The topological polar surface area (TPSA) is 94.0 Å². The molecule has 29 heavy (non-hydrogen) atoms. The first kappa shape index (κ1) is 21.9. The molecule has 0 atom stereocenters. The fourth-order valence-corrected chi connectivity index (χ4v) is 2.64. The second-order valence-electron chi connectivity index (χ2n) is 6.22. The molecule has 1 aromatic carbocycles. The van der Waals surface area contributed by atoms with Gasteiger partial charge < -0.3 is 19.3 Å². The fraction of sp³-hybridized carbons (Fsp3) is 0.400. The lowest BCUT2D eigenvalue weighted by atomic mass is 10.3. The summed E-state index contributed by atoms with van der Waals surface area (Å²) in [6.45, 7) is 4.29. The molecule has 0 aliphatic carbocycles. The van der Waals surface area contributed by atoms with E-state index in [0.29, 0.717) is 13.1 Å². The van der Waals surface area contributed by atoms with Crippen LogP contribution in [0.3, 0.4) is 0 Å². The summed E-state index contributed by atoms with van der Waals surface area (Å²) in [5, 5.41) is 4.20. The molecule has 1 aromatic heterocycles. The molecule has 0 fully saturated rings. The third-order valence-electron chi connectivity index (χ3n) is 4.36. The molecule has 9 heteroatoms. The van der Waals surface area contributed by atoms with Crippen molar-refractivity contribution in [1.82, 2.24) is 19.6 Å². The summed E-state index contributed by atoms with van der Waals surface area (Å²) in [4.78, 5) is 39.6. The highest BCUT2D eigenvalue weighted by Gasteiger charge is 2.22. The number of rotatable bonds is 9. The van der Waals surface area contributed by atoms with Crippen molar-refractivity contribution in [3.63, 3.8) is 0 Å². The van der Waals surface area contributed by atoms with Gasteiger partial charge in [0.1, 0.15) is 0 Å². The number of likely N-dealkylation sites (N-methyl/N-ethyl adjacent to an activating group) is 2. The Morgan fingerprint density at radius 3 is 2.31 bits per heavy atom. The van der Waals surface area contributed by atoms with Crippen LogP contribution in [0.2, 0.25) is 0 Å². The van der Waals surface area contributed by atoms with Gasteiger partial charge in [-0.15, -0.1) is 0 Å². The average molecular weight is 402 g/mol. The molecule has 9 nitrogen and oxygen atoms in total. The van der Waals surface area contributed by atoms with Gasteiger partial charge in [0.2, 0.25) is 11.6 Å². The Morgan fingerprint density at radius 2 is 1.72 bits per heavy atom. The van der Waals surface area contributed by atoms with Gasteiger partial charge in [0.25, 0.3) is 5.91 Å². The lowest BCUT2D eigenvalue weighted by Crippen LogP contribution is -2.42. The number of para-hydroxylation sites is 1. The highest BCUT2D eigenvalue weighted by atomic mass is 16.5. The summed E-state index contributed by atoms with van der Waals surface area (Å²) < 4.78 is 11.8. The first-order valence-corrected chi connectivity index (χ1v) is 9.29. The van der Waals surface area contributed by atoms with Gasteiger partial charge in [-0.1, -0.05) is 18.2 Å². The second kappa shape index (κ2) is 10.3. The smallest absolute Gasteiger partial charge is 0.363 e. The van der Waals surface area contributed by atoms with Crippen molar-refractivity contribution < 1.29 is 23.9 Å². The van der Waals surface area contributed by atoms with Crippen LogP contribution in [0.15, 0.2) is 36.5 Å². The number of aromatic nitrogens is 2. The van der Waals surface area contributed by atoms with Crippen LogP contribution in [0.4, 0.5) is 0 Å². The van der Waals surface area contributed by atoms with Crippen molar-refractivity contribution in [2.45, 2.75) is 13.8 Å². The van der Waals surface area contributed by atoms with E-state index in [2.05, 4.69) is 5.10 Å². The molecule has 0 unspecified atom stereocenters. The highest BCUT2D eigenvalue weighted by molar-refractivity contribution is 5.92. The largest absolute Gasteiger partial charge is 0.493 e.